The molecular formula is C8H12N2O. The first-order valence-corrected chi connectivity index (χ1v) is 4.08. The fourth-order valence-electron chi connectivity index (χ4n) is 1.62. The van der Waals surface area contributed by atoms with Gasteiger partial charge >= 0.3 is 0 Å². The van der Waals surface area contributed by atoms with Gasteiger partial charge in [-0.2, -0.15) is 0 Å². The predicted octanol–water partition coefficient (Wildman–Crippen LogP) is 0.664. The molecule has 0 spiro atoms. The Bertz CT molecular complexity index is 255. The Balaban J connectivity index is 2.27. The van der Waals surface area contributed by atoms with Crippen LogP contribution >= 0.6 is 0 Å². The number of aryl methyl sites for hydroxylation is 1. The molecule has 0 saturated carbocycles. The van der Waals surface area contributed by atoms with Crippen LogP contribution in [0.25, 0.3) is 0 Å². The van der Waals surface area contributed by atoms with Gasteiger partial charge in [-0.3, -0.25) is 0 Å². The molecule has 3 nitrogen and oxygen atoms in total. The van der Waals surface area contributed by atoms with Crippen LogP contribution in [-0.2, 0) is 19.3 Å². The minimum absolute atomic E-state index is 0.654. The van der Waals surface area contributed by atoms with Gasteiger partial charge in [-0.1, -0.05) is 5.16 Å². The summed E-state index contributed by atoms with van der Waals surface area (Å²) in [7, 11) is 0. The Hall–Kier alpha value is -0.830. The zero-order chi connectivity index (χ0) is 7.68. The summed E-state index contributed by atoms with van der Waals surface area (Å²) < 4.78 is 5.15. The number of nitrogens with two attached hydrogens (primary N) is 1. The highest BCUT2D eigenvalue weighted by Gasteiger charge is 2.19. The second-order valence-electron chi connectivity index (χ2n) is 2.92. The molecule has 2 N–H and O–H groups in total. The van der Waals surface area contributed by atoms with E-state index in [2.05, 4.69) is 5.16 Å². The molecule has 1 aliphatic carbocycles. The maximum absolute atomic E-state index is 5.43. The lowest BCUT2D eigenvalue weighted by Crippen LogP contribution is -2.03. The molecule has 0 unspecified atom stereocenters. The minimum Gasteiger partial charge on any atom is -0.361 e. The molecule has 0 aliphatic heterocycles. The summed E-state index contributed by atoms with van der Waals surface area (Å²) in [5.74, 6) is 1.01. The summed E-state index contributed by atoms with van der Waals surface area (Å²) in [6.45, 7) is 0.654. The lowest BCUT2D eigenvalue weighted by molar-refractivity contribution is 0.374. The quantitative estimate of drug-likeness (QED) is 0.677. The van der Waals surface area contributed by atoms with Crippen LogP contribution in [0, 0.1) is 0 Å². The topological polar surface area (TPSA) is 52.0 Å². The van der Waals surface area contributed by atoms with Crippen molar-refractivity contribution in [1.29, 1.82) is 0 Å². The normalized spacial score (nSPS) is 15.4. The van der Waals surface area contributed by atoms with Gasteiger partial charge in [0.25, 0.3) is 0 Å². The summed E-state index contributed by atoms with van der Waals surface area (Å²) in [6.07, 6.45) is 4.28. The first-order valence-electron chi connectivity index (χ1n) is 4.08. The summed E-state index contributed by atoms with van der Waals surface area (Å²) >= 11 is 0. The van der Waals surface area contributed by atoms with Gasteiger partial charge in [0.05, 0.1) is 5.69 Å². The monoisotopic (exact) mass is 152 g/mol. The van der Waals surface area contributed by atoms with Gasteiger partial charge in [-0.25, -0.2) is 0 Å². The molecule has 1 aromatic rings. The highest BCUT2D eigenvalue weighted by Crippen LogP contribution is 2.24. The van der Waals surface area contributed by atoms with E-state index in [0.717, 1.165) is 30.7 Å². The third kappa shape index (κ3) is 1.05. The fourth-order valence-corrected chi connectivity index (χ4v) is 1.62. The number of hydrogen-bond donors (Lipinski definition) is 1. The zero-order valence-electron chi connectivity index (χ0n) is 6.47. The van der Waals surface area contributed by atoms with Gasteiger partial charge in [-0.05, 0) is 25.8 Å². The zero-order valence-corrected chi connectivity index (χ0v) is 6.47. The van der Waals surface area contributed by atoms with Gasteiger partial charge in [0, 0.05) is 12.0 Å². The highest BCUT2D eigenvalue weighted by atomic mass is 16.5. The molecule has 0 aromatic carbocycles. The van der Waals surface area contributed by atoms with E-state index in [0.29, 0.717) is 6.54 Å². The Kier molecular flexibility index (Phi) is 1.66. The summed E-state index contributed by atoms with van der Waals surface area (Å²) in [6, 6.07) is 0. The van der Waals surface area contributed by atoms with Crippen molar-refractivity contribution in [2.24, 2.45) is 5.73 Å². The molecule has 0 atom stereocenters. The summed E-state index contributed by atoms with van der Waals surface area (Å²) in [5.41, 5.74) is 7.92. The van der Waals surface area contributed by atoms with Crippen LogP contribution in [-0.4, -0.2) is 11.7 Å². The van der Waals surface area contributed by atoms with E-state index in [4.69, 9.17) is 10.3 Å². The molecule has 2 rings (SSSR count). The van der Waals surface area contributed by atoms with Crippen molar-refractivity contribution in [2.75, 3.05) is 6.54 Å². The fraction of sp³-hybridized carbons (Fsp3) is 0.625. The third-order valence-electron chi connectivity index (χ3n) is 2.16. The van der Waals surface area contributed by atoms with Crippen molar-refractivity contribution in [1.82, 2.24) is 5.16 Å². The van der Waals surface area contributed by atoms with E-state index in [-0.39, 0.29) is 0 Å². The van der Waals surface area contributed by atoms with Crippen molar-refractivity contribution in [3.63, 3.8) is 0 Å². The second-order valence-corrected chi connectivity index (χ2v) is 2.92. The maximum atomic E-state index is 5.43. The van der Waals surface area contributed by atoms with E-state index in [1.54, 1.807) is 0 Å². The van der Waals surface area contributed by atoms with E-state index in [9.17, 15) is 0 Å². The number of nitrogens with zero attached hydrogens (tertiary/aromatic N) is 1. The van der Waals surface area contributed by atoms with Crippen LogP contribution < -0.4 is 5.73 Å². The molecule has 60 valence electrons. The second kappa shape index (κ2) is 2.66. The average molecular weight is 152 g/mol. The molecule has 3 heteroatoms. The SMILES string of the molecule is NCCc1onc2c1CCC2. The maximum Gasteiger partial charge on any atom is 0.141 e. The molecular weight excluding hydrogens is 140 g/mol. The van der Waals surface area contributed by atoms with Crippen LogP contribution in [0.1, 0.15) is 23.4 Å². The average Bonchev–Trinajstić information content (AvgIpc) is 2.53. The van der Waals surface area contributed by atoms with E-state index >= 15 is 0 Å². The number of hydrogen-bond acceptors (Lipinski definition) is 3. The van der Waals surface area contributed by atoms with Crippen LogP contribution in [0.15, 0.2) is 4.52 Å². The summed E-state index contributed by atoms with van der Waals surface area (Å²) in [5, 5.41) is 3.98. The first kappa shape index (κ1) is 6.85. The van der Waals surface area contributed by atoms with Crippen molar-refractivity contribution >= 4 is 0 Å². The summed E-state index contributed by atoms with van der Waals surface area (Å²) in [4.78, 5) is 0. The molecule has 0 bridgehead atoms. The Morgan fingerprint density at radius 2 is 2.36 bits per heavy atom. The van der Waals surface area contributed by atoms with E-state index in [1.807, 2.05) is 0 Å². The van der Waals surface area contributed by atoms with Gasteiger partial charge in [0.1, 0.15) is 5.76 Å². The molecule has 1 aliphatic rings. The van der Waals surface area contributed by atoms with Crippen molar-refractivity contribution in [3.8, 4) is 0 Å². The van der Waals surface area contributed by atoms with Crippen molar-refractivity contribution < 1.29 is 4.52 Å². The highest BCUT2D eigenvalue weighted by molar-refractivity contribution is 5.27. The molecule has 0 saturated heterocycles. The number of aromatic nitrogens is 1. The Morgan fingerprint density at radius 3 is 3.18 bits per heavy atom. The number of rotatable bonds is 2. The lowest BCUT2D eigenvalue weighted by Gasteiger charge is -1.92. The van der Waals surface area contributed by atoms with Crippen molar-refractivity contribution in [3.05, 3.63) is 17.0 Å². The standard InChI is InChI=1S/C8H12N2O/c9-5-4-8-6-2-1-3-7(6)10-11-8/h1-5,9H2. The molecule has 1 heterocycles. The third-order valence-corrected chi connectivity index (χ3v) is 2.16. The van der Waals surface area contributed by atoms with Gasteiger partial charge < -0.3 is 10.3 Å². The van der Waals surface area contributed by atoms with Gasteiger partial charge in [0.2, 0.25) is 0 Å². The molecule has 1 aromatic heterocycles. The predicted molar refractivity (Wildman–Crippen MR) is 41.3 cm³/mol. The van der Waals surface area contributed by atoms with Crippen molar-refractivity contribution in [2.45, 2.75) is 25.7 Å². The lowest BCUT2D eigenvalue weighted by atomic mass is 10.2. The van der Waals surface area contributed by atoms with E-state index < -0.39 is 0 Å². The molecule has 0 amide bonds. The van der Waals surface area contributed by atoms with Crippen LogP contribution in [0.2, 0.25) is 0 Å². The smallest absolute Gasteiger partial charge is 0.141 e. The van der Waals surface area contributed by atoms with Crippen LogP contribution in [0.3, 0.4) is 0 Å². The van der Waals surface area contributed by atoms with E-state index in [1.165, 1.54) is 12.0 Å². The molecule has 11 heavy (non-hydrogen) atoms. The number of fused-ring (bicyclic) bond motifs is 1. The minimum atomic E-state index is 0.654. The molecule has 0 radical (unpaired) electrons. The Labute approximate surface area is 65.6 Å². The van der Waals surface area contributed by atoms with Crippen LogP contribution in [0.4, 0.5) is 0 Å². The molecule has 0 fully saturated rings. The van der Waals surface area contributed by atoms with Crippen LogP contribution in [0.5, 0.6) is 0 Å². The van der Waals surface area contributed by atoms with Gasteiger partial charge in [0.15, 0.2) is 0 Å². The largest absolute Gasteiger partial charge is 0.361 e. The Morgan fingerprint density at radius 1 is 1.45 bits per heavy atom. The van der Waals surface area contributed by atoms with Gasteiger partial charge in [-0.15, -0.1) is 0 Å². The first-order chi connectivity index (χ1) is 5.42.